The summed E-state index contributed by atoms with van der Waals surface area (Å²) in [5.41, 5.74) is 0.943. The van der Waals surface area contributed by atoms with Gasteiger partial charge in [0.25, 0.3) is 15.6 Å². The largest absolute Gasteiger partial charge is 0.442 e. The van der Waals surface area contributed by atoms with Gasteiger partial charge in [0.05, 0.1) is 0 Å². The molecular formula is C16H14ClN3O4S. The van der Waals surface area contributed by atoms with Crippen molar-refractivity contribution >= 4 is 21.6 Å². The highest BCUT2D eigenvalue weighted by atomic mass is 35.5. The van der Waals surface area contributed by atoms with E-state index in [9.17, 15) is 13.2 Å². The Kier molecular flexibility index (Phi) is 5.03. The molecule has 0 saturated carbocycles. The second-order valence-corrected chi connectivity index (χ2v) is 7.33. The maximum absolute atomic E-state index is 12.3. The molecule has 0 unspecified atom stereocenters. The molecule has 0 saturated heterocycles. The topological polar surface area (TPSA) is 105 Å². The highest BCUT2D eigenvalue weighted by Crippen LogP contribution is 2.21. The lowest BCUT2D eigenvalue weighted by Crippen LogP contribution is -2.25. The highest BCUT2D eigenvalue weighted by molar-refractivity contribution is 7.89. The number of halogens is 1. The average molecular weight is 380 g/mol. The van der Waals surface area contributed by atoms with Crippen molar-refractivity contribution in [1.82, 2.24) is 14.9 Å². The molecule has 130 valence electrons. The van der Waals surface area contributed by atoms with Crippen LogP contribution in [0.15, 0.2) is 62.8 Å². The van der Waals surface area contributed by atoms with Gasteiger partial charge in [-0.25, -0.2) is 18.2 Å². The van der Waals surface area contributed by atoms with Crippen molar-refractivity contribution in [3.8, 4) is 11.5 Å². The molecule has 2 N–H and O–H groups in total. The van der Waals surface area contributed by atoms with Crippen LogP contribution in [0.4, 0.5) is 0 Å². The molecule has 0 radical (unpaired) electrons. The number of rotatable bonds is 6. The van der Waals surface area contributed by atoms with Crippen LogP contribution in [-0.2, 0) is 16.4 Å². The van der Waals surface area contributed by atoms with E-state index in [-0.39, 0.29) is 23.0 Å². The second-order valence-electron chi connectivity index (χ2n) is 5.20. The number of aromatic amines is 1. The first kappa shape index (κ1) is 17.4. The first-order valence-electron chi connectivity index (χ1n) is 7.34. The number of nitrogens with one attached hydrogen (secondary N) is 2. The summed E-state index contributed by atoms with van der Waals surface area (Å²) in [5, 5.41) is 6.47. The maximum Gasteiger partial charge on any atom is 0.273 e. The summed E-state index contributed by atoms with van der Waals surface area (Å²) < 4.78 is 32.4. The van der Waals surface area contributed by atoms with Crippen LogP contribution in [0, 0.1) is 0 Å². The fraction of sp³-hybridized carbons (Fsp3) is 0.125. The summed E-state index contributed by atoms with van der Waals surface area (Å²) in [5.74, 6) is 0.245. The molecule has 0 atom stereocenters. The van der Waals surface area contributed by atoms with Gasteiger partial charge in [-0.3, -0.25) is 4.79 Å². The number of nitrogens with zero attached hydrogens (tertiary/aromatic N) is 1. The van der Waals surface area contributed by atoms with Crippen molar-refractivity contribution in [2.45, 2.75) is 11.5 Å². The number of benzene rings is 1. The Balaban J connectivity index is 1.67. The minimum absolute atomic E-state index is 0.216. The van der Waals surface area contributed by atoms with Gasteiger partial charge in [0.15, 0.2) is 5.76 Å². The van der Waals surface area contributed by atoms with Crippen molar-refractivity contribution in [3.63, 3.8) is 0 Å². The number of H-pyrrole nitrogens is 1. The van der Waals surface area contributed by atoms with Crippen molar-refractivity contribution in [1.29, 1.82) is 0 Å². The number of hydrogen-bond donors (Lipinski definition) is 2. The SMILES string of the molecule is O=c1ccc(-c2ccc(S(=O)(=O)NCCc3ccc(Cl)cc3)o2)n[nH]1. The van der Waals surface area contributed by atoms with E-state index >= 15 is 0 Å². The second kappa shape index (κ2) is 7.22. The summed E-state index contributed by atoms with van der Waals surface area (Å²) in [7, 11) is -3.78. The third-order valence-electron chi connectivity index (χ3n) is 3.40. The van der Waals surface area contributed by atoms with Crippen LogP contribution in [0.5, 0.6) is 0 Å². The summed E-state index contributed by atoms with van der Waals surface area (Å²) in [4.78, 5) is 11.0. The van der Waals surface area contributed by atoms with Crippen LogP contribution in [-0.4, -0.2) is 25.2 Å². The van der Waals surface area contributed by atoms with Gasteiger partial charge in [-0.1, -0.05) is 23.7 Å². The van der Waals surface area contributed by atoms with Gasteiger partial charge in [-0.15, -0.1) is 0 Å². The van der Waals surface area contributed by atoms with Gasteiger partial charge >= 0.3 is 0 Å². The Labute approximate surface area is 148 Å². The molecule has 25 heavy (non-hydrogen) atoms. The Morgan fingerprint density at radius 3 is 2.52 bits per heavy atom. The van der Waals surface area contributed by atoms with Gasteiger partial charge in [0, 0.05) is 17.6 Å². The molecule has 3 rings (SSSR count). The van der Waals surface area contributed by atoms with E-state index in [4.69, 9.17) is 16.0 Å². The minimum atomic E-state index is -3.78. The van der Waals surface area contributed by atoms with Crippen LogP contribution in [0.3, 0.4) is 0 Å². The van der Waals surface area contributed by atoms with E-state index in [2.05, 4.69) is 14.9 Å². The van der Waals surface area contributed by atoms with E-state index in [0.717, 1.165) is 5.56 Å². The summed E-state index contributed by atoms with van der Waals surface area (Å²) in [6.45, 7) is 0.219. The van der Waals surface area contributed by atoms with Crippen molar-refractivity contribution in [3.05, 3.63) is 69.5 Å². The van der Waals surface area contributed by atoms with Gasteiger partial charge in [-0.2, -0.15) is 5.10 Å². The Hall–Kier alpha value is -2.42. The summed E-state index contributed by atoms with van der Waals surface area (Å²) >= 11 is 5.81. The maximum atomic E-state index is 12.3. The highest BCUT2D eigenvalue weighted by Gasteiger charge is 2.19. The van der Waals surface area contributed by atoms with Gasteiger partial charge in [-0.05, 0) is 42.3 Å². The molecule has 0 aliphatic rings. The predicted molar refractivity (Wildman–Crippen MR) is 92.9 cm³/mol. The zero-order chi connectivity index (χ0) is 17.9. The molecular weight excluding hydrogens is 366 g/mol. The van der Waals surface area contributed by atoms with Crippen LogP contribution < -0.4 is 10.3 Å². The van der Waals surface area contributed by atoms with Crippen LogP contribution in [0.25, 0.3) is 11.5 Å². The van der Waals surface area contributed by atoms with E-state index in [1.165, 1.54) is 24.3 Å². The van der Waals surface area contributed by atoms with Crippen LogP contribution in [0.1, 0.15) is 5.56 Å². The predicted octanol–water partition coefficient (Wildman–Crippen LogP) is 2.20. The molecule has 3 aromatic rings. The molecule has 0 aliphatic heterocycles. The number of hydrogen-bond acceptors (Lipinski definition) is 5. The van der Waals surface area contributed by atoms with E-state index in [0.29, 0.717) is 17.1 Å². The van der Waals surface area contributed by atoms with Gasteiger partial charge in [0.2, 0.25) is 5.09 Å². The van der Waals surface area contributed by atoms with Crippen LogP contribution in [0.2, 0.25) is 5.02 Å². The Morgan fingerprint density at radius 1 is 1.08 bits per heavy atom. The van der Waals surface area contributed by atoms with Gasteiger partial charge < -0.3 is 4.42 Å². The minimum Gasteiger partial charge on any atom is -0.442 e. The molecule has 2 aromatic heterocycles. The smallest absolute Gasteiger partial charge is 0.273 e. The van der Waals surface area contributed by atoms with E-state index in [1.54, 1.807) is 12.1 Å². The standard InChI is InChI=1S/C16H14ClN3O4S/c17-12-3-1-11(2-4-12)9-10-18-25(22,23)16-8-6-14(24-16)13-5-7-15(21)20-19-13/h1-8,18H,9-10H2,(H,20,21). The quantitative estimate of drug-likeness (QED) is 0.683. The number of aromatic nitrogens is 2. The zero-order valence-corrected chi connectivity index (χ0v) is 14.5. The third kappa shape index (κ3) is 4.36. The molecule has 0 aliphatic carbocycles. The fourth-order valence-corrected chi connectivity index (χ4v) is 3.22. The molecule has 0 fully saturated rings. The van der Waals surface area contributed by atoms with Crippen molar-refractivity contribution in [2.24, 2.45) is 0 Å². The molecule has 2 heterocycles. The zero-order valence-electron chi connectivity index (χ0n) is 12.9. The third-order valence-corrected chi connectivity index (χ3v) is 4.98. The lowest BCUT2D eigenvalue weighted by atomic mass is 10.2. The van der Waals surface area contributed by atoms with Crippen molar-refractivity contribution < 1.29 is 12.8 Å². The van der Waals surface area contributed by atoms with Gasteiger partial charge in [0.1, 0.15) is 5.69 Å². The fourth-order valence-electron chi connectivity index (χ4n) is 2.14. The average Bonchev–Trinajstić information content (AvgIpc) is 3.08. The first-order valence-corrected chi connectivity index (χ1v) is 9.20. The van der Waals surface area contributed by atoms with E-state index < -0.39 is 10.0 Å². The monoisotopic (exact) mass is 379 g/mol. The first-order chi connectivity index (χ1) is 11.9. The summed E-state index contributed by atoms with van der Waals surface area (Å²) in [6, 6.07) is 12.7. The lowest BCUT2D eigenvalue weighted by Gasteiger charge is -2.04. The molecule has 0 spiro atoms. The van der Waals surface area contributed by atoms with Crippen LogP contribution >= 0.6 is 11.6 Å². The molecule has 9 heteroatoms. The Morgan fingerprint density at radius 2 is 1.84 bits per heavy atom. The normalized spacial score (nSPS) is 11.6. The molecule has 0 bridgehead atoms. The van der Waals surface area contributed by atoms with E-state index in [1.807, 2.05) is 12.1 Å². The number of sulfonamides is 1. The summed E-state index contributed by atoms with van der Waals surface area (Å²) in [6.07, 6.45) is 0.519. The Bertz CT molecular complexity index is 1010. The molecule has 7 nitrogen and oxygen atoms in total. The van der Waals surface area contributed by atoms with Crippen molar-refractivity contribution in [2.75, 3.05) is 6.54 Å². The number of furan rings is 1. The molecule has 1 aromatic carbocycles. The lowest BCUT2D eigenvalue weighted by molar-refractivity contribution is 0.454. The molecule has 0 amide bonds.